The van der Waals surface area contributed by atoms with Gasteiger partial charge >= 0.3 is 0 Å². The Kier molecular flexibility index (Phi) is 4.11. The Bertz CT molecular complexity index is 757. The SMILES string of the molecule is CCn1ccnc1CN(C(=O)c1ccnn1C)[C@H]1CC12CCNCC2. The van der Waals surface area contributed by atoms with Gasteiger partial charge in [0.05, 0.1) is 6.54 Å². The second-order valence-corrected chi connectivity index (χ2v) is 7.23. The molecular formula is C18H26N6O. The Morgan fingerprint density at radius 2 is 2.20 bits per heavy atom. The number of amides is 1. The molecule has 2 fully saturated rings. The van der Waals surface area contributed by atoms with Gasteiger partial charge in [-0.2, -0.15) is 5.10 Å². The Morgan fingerprint density at radius 3 is 2.88 bits per heavy atom. The molecule has 1 amide bonds. The summed E-state index contributed by atoms with van der Waals surface area (Å²) < 4.78 is 3.78. The Hall–Kier alpha value is -2.15. The Labute approximate surface area is 148 Å². The molecule has 0 unspecified atom stereocenters. The van der Waals surface area contributed by atoms with E-state index in [1.54, 1.807) is 16.9 Å². The number of nitrogens with one attached hydrogen (secondary N) is 1. The van der Waals surface area contributed by atoms with Gasteiger partial charge in [0.2, 0.25) is 0 Å². The van der Waals surface area contributed by atoms with Crippen LogP contribution in [0.3, 0.4) is 0 Å². The largest absolute Gasteiger partial charge is 0.334 e. The first-order valence-electron chi connectivity index (χ1n) is 9.14. The van der Waals surface area contributed by atoms with Crippen LogP contribution in [0.4, 0.5) is 0 Å². The van der Waals surface area contributed by atoms with Crippen molar-refractivity contribution in [2.24, 2.45) is 12.5 Å². The molecule has 3 heterocycles. The van der Waals surface area contributed by atoms with Crippen molar-refractivity contribution in [3.63, 3.8) is 0 Å². The average molecular weight is 342 g/mol. The number of carbonyl (C=O) groups is 1. The topological polar surface area (TPSA) is 68.0 Å². The van der Waals surface area contributed by atoms with E-state index in [-0.39, 0.29) is 5.91 Å². The van der Waals surface area contributed by atoms with E-state index in [4.69, 9.17) is 0 Å². The van der Waals surface area contributed by atoms with Crippen LogP contribution >= 0.6 is 0 Å². The van der Waals surface area contributed by atoms with Crippen molar-refractivity contribution in [3.05, 3.63) is 36.2 Å². The lowest BCUT2D eigenvalue weighted by atomic mass is 9.93. The molecule has 2 aromatic heterocycles. The summed E-state index contributed by atoms with van der Waals surface area (Å²) in [5, 5.41) is 7.61. The zero-order valence-electron chi connectivity index (χ0n) is 15.0. The normalized spacial score (nSPS) is 21.4. The highest BCUT2D eigenvalue weighted by Gasteiger charge is 2.58. The molecule has 1 atom stereocenters. The molecule has 4 rings (SSSR count). The van der Waals surface area contributed by atoms with Crippen molar-refractivity contribution in [1.82, 2.24) is 29.5 Å². The molecule has 1 spiro atoms. The fourth-order valence-electron chi connectivity index (χ4n) is 4.22. The van der Waals surface area contributed by atoms with Gasteiger partial charge in [0, 0.05) is 38.2 Å². The number of aryl methyl sites for hydroxylation is 2. The predicted molar refractivity (Wildman–Crippen MR) is 93.9 cm³/mol. The minimum absolute atomic E-state index is 0.0612. The molecule has 1 N–H and O–H groups in total. The molecule has 2 aliphatic rings. The average Bonchev–Trinajstić information content (AvgIpc) is 2.99. The van der Waals surface area contributed by atoms with Crippen molar-refractivity contribution in [3.8, 4) is 0 Å². The third-order valence-electron chi connectivity index (χ3n) is 5.88. The lowest BCUT2D eigenvalue weighted by molar-refractivity contribution is 0.0673. The highest BCUT2D eigenvalue weighted by atomic mass is 16.2. The summed E-state index contributed by atoms with van der Waals surface area (Å²) >= 11 is 0. The highest BCUT2D eigenvalue weighted by molar-refractivity contribution is 5.93. The van der Waals surface area contributed by atoms with Gasteiger partial charge in [0.25, 0.3) is 5.91 Å². The molecule has 1 aliphatic carbocycles. The number of piperidine rings is 1. The molecule has 25 heavy (non-hydrogen) atoms. The summed E-state index contributed by atoms with van der Waals surface area (Å²) in [4.78, 5) is 19.8. The van der Waals surface area contributed by atoms with Crippen molar-refractivity contribution in [2.75, 3.05) is 13.1 Å². The standard InChI is InChI=1S/C18H26N6O/c1-3-23-11-10-20-16(23)13-24(17(25)14-4-7-21-22(14)2)15-12-18(15)5-8-19-9-6-18/h4,7,10-11,15,19H,3,5-6,8-9,12-13H2,1-2H3/t15-/m0/s1. The highest BCUT2D eigenvalue weighted by Crippen LogP contribution is 2.56. The zero-order chi connectivity index (χ0) is 17.4. The zero-order valence-corrected chi connectivity index (χ0v) is 15.0. The minimum Gasteiger partial charge on any atom is -0.334 e. The molecular weight excluding hydrogens is 316 g/mol. The Balaban J connectivity index is 1.62. The van der Waals surface area contributed by atoms with E-state index < -0.39 is 0 Å². The number of nitrogens with zero attached hydrogens (tertiary/aromatic N) is 5. The third kappa shape index (κ3) is 2.86. The Morgan fingerprint density at radius 1 is 1.40 bits per heavy atom. The van der Waals surface area contributed by atoms with Crippen LogP contribution in [0.25, 0.3) is 0 Å². The van der Waals surface area contributed by atoms with E-state index in [0.717, 1.165) is 44.7 Å². The fraction of sp³-hybridized carbons (Fsp3) is 0.611. The number of imidazole rings is 1. The van der Waals surface area contributed by atoms with Crippen LogP contribution in [-0.2, 0) is 20.1 Å². The number of hydrogen-bond donors (Lipinski definition) is 1. The fourth-order valence-corrected chi connectivity index (χ4v) is 4.22. The van der Waals surface area contributed by atoms with Crippen molar-refractivity contribution in [1.29, 1.82) is 0 Å². The van der Waals surface area contributed by atoms with E-state index in [1.165, 1.54) is 0 Å². The molecule has 1 aliphatic heterocycles. The van der Waals surface area contributed by atoms with Crippen LogP contribution in [0.5, 0.6) is 0 Å². The molecule has 0 radical (unpaired) electrons. The summed E-state index contributed by atoms with van der Waals surface area (Å²) in [7, 11) is 1.82. The van der Waals surface area contributed by atoms with E-state index in [0.29, 0.717) is 23.7 Å². The lowest BCUT2D eigenvalue weighted by Gasteiger charge is -2.29. The summed E-state index contributed by atoms with van der Waals surface area (Å²) in [5.41, 5.74) is 0.939. The smallest absolute Gasteiger partial charge is 0.272 e. The third-order valence-corrected chi connectivity index (χ3v) is 5.88. The number of rotatable bonds is 5. The first-order valence-corrected chi connectivity index (χ1v) is 9.14. The maximum atomic E-state index is 13.3. The second kappa shape index (κ2) is 6.29. The van der Waals surface area contributed by atoms with Gasteiger partial charge in [0.15, 0.2) is 0 Å². The van der Waals surface area contributed by atoms with Gasteiger partial charge in [0.1, 0.15) is 11.5 Å². The quantitative estimate of drug-likeness (QED) is 0.892. The lowest BCUT2D eigenvalue weighted by Crippen LogP contribution is -2.40. The van der Waals surface area contributed by atoms with Crippen molar-refractivity contribution in [2.45, 2.75) is 45.3 Å². The molecule has 7 nitrogen and oxygen atoms in total. The van der Waals surface area contributed by atoms with Gasteiger partial charge in [-0.05, 0) is 50.8 Å². The summed E-state index contributed by atoms with van der Waals surface area (Å²) in [6.45, 7) is 5.62. The van der Waals surface area contributed by atoms with E-state index in [2.05, 4.69) is 26.9 Å². The number of hydrogen-bond acceptors (Lipinski definition) is 4. The van der Waals surface area contributed by atoms with Crippen LogP contribution < -0.4 is 5.32 Å². The van der Waals surface area contributed by atoms with E-state index >= 15 is 0 Å². The van der Waals surface area contributed by atoms with Crippen LogP contribution in [0.1, 0.15) is 42.5 Å². The molecule has 1 saturated heterocycles. The van der Waals surface area contributed by atoms with E-state index in [9.17, 15) is 4.79 Å². The van der Waals surface area contributed by atoms with Crippen LogP contribution in [0, 0.1) is 5.41 Å². The molecule has 134 valence electrons. The van der Waals surface area contributed by atoms with Gasteiger partial charge in [-0.25, -0.2) is 4.98 Å². The first kappa shape index (κ1) is 16.3. The second-order valence-electron chi connectivity index (χ2n) is 7.23. The molecule has 2 aromatic rings. The van der Waals surface area contributed by atoms with Crippen molar-refractivity contribution >= 4 is 5.91 Å². The summed E-state index contributed by atoms with van der Waals surface area (Å²) in [5.74, 6) is 1.01. The molecule has 1 saturated carbocycles. The van der Waals surface area contributed by atoms with Crippen molar-refractivity contribution < 1.29 is 4.79 Å². The summed E-state index contributed by atoms with van der Waals surface area (Å²) in [6.07, 6.45) is 8.88. The monoisotopic (exact) mass is 342 g/mol. The van der Waals surface area contributed by atoms with Gasteiger partial charge in [-0.15, -0.1) is 0 Å². The molecule has 0 bridgehead atoms. The minimum atomic E-state index is 0.0612. The van der Waals surface area contributed by atoms with Crippen LogP contribution in [0.2, 0.25) is 0 Å². The number of aromatic nitrogens is 4. The number of carbonyl (C=O) groups excluding carboxylic acids is 1. The van der Waals surface area contributed by atoms with Gasteiger partial charge < -0.3 is 14.8 Å². The molecule has 7 heteroatoms. The van der Waals surface area contributed by atoms with E-state index in [1.807, 2.05) is 24.3 Å². The van der Waals surface area contributed by atoms with Crippen LogP contribution in [0.15, 0.2) is 24.7 Å². The maximum Gasteiger partial charge on any atom is 0.272 e. The summed E-state index contributed by atoms with van der Waals surface area (Å²) in [6, 6.07) is 2.11. The maximum absolute atomic E-state index is 13.3. The molecule has 0 aromatic carbocycles. The van der Waals surface area contributed by atoms with Gasteiger partial charge in [-0.3, -0.25) is 9.48 Å². The van der Waals surface area contributed by atoms with Crippen LogP contribution in [-0.4, -0.2) is 49.3 Å². The van der Waals surface area contributed by atoms with Gasteiger partial charge in [-0.1, -0.05) is 0 Å². The first-order chi connectivity index (χ1) is 12.1. The predicted octanol–water partition coefficient (Wildman–Crippen LogP) is 1.42.